The van der Waals surface area contributed by atoms with E-state index in [-0.39, 0.29) is 0 Å². The van der Waals surface area contributed by atoms with Crippen molar-refractivity contribution in [1.82, 2.24) is 25.1 Å². The highest BCUT2D eigenvalue weighted by Gasteiger charge is 2.08. The molecule has 0 saturated carbocycles. The quantitative estimate of drug-likeness (QED) is 0.834. The fraction of sp³-hybridized carbons (Fsp3) is 0.333. The van der Waals surface area contributed by atoms with Crippen LogP contribution in [0.4, 0.5) is 5.82 Å². The van der Waals surface area contributed by atoms with Crippen molar-refractivity contribution in [3.63, 3.8) is 0 Å². The second-order valence-corrected chi connectivity index (χ2v) is 4.31. The number of rotatable bonds is 4. The molecule has 6 nitrogen and oxygen atoms in total. The lowest BCUT2D eigenvalue weighted by Crippen LogP contribution is -2.05. The van der Waals surface area contributed by atoms with E-state index in [1.807, 2.05) is 0 Å². The molecule has 16 heavy (non-hydrogen) atoms. The molecular formula is C9H11IN6. The third-order valence-corrected chi connectivity index (χ3v) is 2.70. The van der Waals surface area contributed by atoms with E-state index in [0.29, 0.717) is 11.6 Å². The van der Waals surface area contributed by atoms with Crippen LogP contribution in [0.3, 0.4) is 0 Å². The summed E-state index contributed by atoms with van der Waals surface area (Å²) in [5, 5.41) is 9.76. The first-order chi connectivity index (χ1) is 7.81. The Hall–Kier alpha value is -1.25. The summed E-state index contributed by atoms with van der Waals surface area (Å²) < 4.78 is 0.995. The molecule has 2 rings (SSSR count). The number of aromatic amines is 1. The molecule has 2 heterocycles. The number of aromatic nitrogens is 5. The number of hydrogen-bond donors (Lipinski definition) is 2. The average Bonchev–Trinajstić information content (AvgIpc) is 2.81. The second kappa shape index (κ2) is 5.19. The fourth-order valence-electron chi connectivity index (χ4n) is 1.16. The Morgan fingerprint density at radius 1 is 1.44 bits per heavy atom. The van der Waals surface area contributed by atoms with Crippen LogP contribution in [-0.4, -0.2) is 31.7 Å². The van der Waals surface area contributed by atoms with Gasteiger partial charge in [0.15, 0.2) is 11.6 Å². The molecule has 7 heteroatoms. The number of anilines is 1. The van der Waals surface area contributed by atoms with Crippen LogP contribution >= 0.6 is 22.6 Å². The maximum absolute atomic E-state index is 4.39. The lowest BCUT2D eigenvalue weighted by atomic mass is 10.4. The van der Waals surface area contributed by atoms with E-state index in [1.54, 1.807) is 6.20 Å². The molecule has 0 aliphatic carbocycles. The molecule has 0 radical (unpaired) electrons. The Morgan fingerprint density at radius 2 is 2.31 bits per heavy atom. The minimum atomic E-state index is 0.552. The summed E-state index contributed by atoms with van der Waals surface area (Å²) in [6, 6.07) is 0. The average molecular weight is 330 g/mol. The Balaban J connectivity index is 2.28. The zero-order valence-corrected chi connectivity index (χ0v) is 10.9. The van der Waals surface area contributed by atoms with Crippen LogP contribution < -0.4 is 5.32 Å². The van der Waals surface area contributed by atoms with Gasteiger partial charge in [-0.15, -0.1) is 0 Å². The van der Waals surface area contributed by atoms with Crippen LogP contribution in [0, 0.1) is 3.57 Å². The first-order valence-corrected chi connectivity index (χ1v) is 6.01. The van der Waals surface area contributed by atoms with E-state index in [2.05, 4.69) is 60.0 Å². The lowest BCUT2D eigenvalue weighted by molar-refractivity contribution is 0.960. The van der Waals surface area contributed by atoms with Gasteiger partial charge in [0, 0.05) is 12.7 Å². The fourth-order valence-corrected chi connectivity index (χ4v) is 1.61. The molecule has 2 aromatic rings. The highest BCUT2D eigenvalue weighted by molar-refractivity contribution is 14.1. The van der Waals surface area contributed by atoms with E-state index in [1.165, 1.54) is 6.33 Å². The van der Waals surface area contributed by atoms with Crippen LogP contribution in [0.25, 0.3) is 11.6 Å². The highest BCUT2D eigenvalue weighted by Crippen LogP contribution is 2.17. The van der Waals surface area contributed by atoms with Gasteiger partial charge in [0.05, 0.1) is 3.57 Å². The van der Waals surface area contributed by atoms with Crippen LogP contribution in [0.1, 0.15) is 13.3 Å². The van der Waals surface area contributed by atoms with Gasteiger partial charge in [-0.3, -0.25) is 5.10 Å². The largest absolute Gasteiger partial charge is 0.369 e. The van der Waals surface area contributed by atoms with E-state index in [4.69, 9.17) is 0 Å². The Bertz CT molecular complexity index is 455. The number of nitrogens with zero attached hydrogens (tertiary/aromatic N) is 4. The number of H-pyrrole nitrogens is 1. The monoisotopic (exact) mass is 330 g/mol. The van der Waals surface area contributed by atoms with Crippen molar-refractivity contribution in [2.75, 3.05) is 11.9 Å². The standard InChI is InChI=1S/C9H11IN6/c1-2-3-11-7-6(10)4-12-8(15-7)9-13-5-14-16-9/h4-5H,2-3H2,1H3,(H,11,12,15)(H,13,14,16). The van der Waals surface area contributed by atoms with Gasteiger partial charge in [0.2, 0.25) is 0 Å². The molecule has 0 aliphatic heterocycles. The maximum Gasteiger partial charge on any atom is 0.199 e. The van der Waals surface area contributed by atoms with Gasteiger partial charge in [0.1, 0.15) is 12.1 Å². The molecule has 0 spiro atoms. The molecule has 84 valence electrons. The molecular weight excluding hydrogens is 319 g/mol. The molecule has 0 fully saturated rings. The van der Waals surface area contributed by atoms with Crippen LogP contribution in [0.5, 0.6) is 0 Å². The summed E-state index contributed by atoms with van der Waals surface area (Å²) in [6.45, 7) is 3.00. The van der Waals surface area contributed by atoms with Crippen molar-refractivity contribution in [3.8, 4) is 11.6 Å². The highest BCUT2D eigenvalue weighted by atomic mass is 127. The van der Waals surface area contributed by atoms with Gasteiger partial charge in [-0.2, -0.15) is 5.10 Å². The predicted octanol–water partition coefficient (Wildman–Crippen LogP) is 1.69. The molecule has 0 saturated heterocycles. The summed E-state index contributed by atoms with van der Waals surface area (Å²) in [4.78, 5) is 12.6. The van der Waals surface area contributed by atoms with Gasteiger partial charge in [-0.1, -0.05) is 6.92 Å². The molecule has 0 aliphatic rings. The predicted molar refractivity (Wildman–Crippen MR) is 68.9 cm³/mol. The third kappa shape index (κ3) is 2.46. The SMILES string of the molecule is CCCNc1nc(-c2ncn[nH]2)ncc1I. The van der Waals surface area contributed by atoms with Crippen molar-refractivity contribution in [2.45, 2.75) is 13.3 Å². The van der Waals surface area contributed by atoms with Gasteiger partial charge in [-0.05, 0) is 29.0 Å². The minimum absolute atomic E-state index is 0.552. The summed E-state index contributed by atoms with van der Waals surface area (Å²) in [5.74, 6) is 1.97. The molecule has 0 unspecified atom stereocenters. The molecule has 0 bridgehead atoms. The van der Waals surface area contributed by atoms with Crippen molar-refractivity contribution < 1.29 is 0 Å². The Labute approximate surface area is 106 Å². The number of nitrogens with one attached hydrogen (secondary N) is 2. The maximum atomic E-state index is 4.39. The summed E-state index contributed by atoms with van der Waals surface area (Å²) >= 11 is 2.20. The third-order valence-electron chi connectivity index (χ3n) is 1.91. The Kier molecular flexibility index (Phi) is 3.65. The summed E-state index contributed by atoms with van der Waals surface area (Å²) in [7, 11) is 0. The minimum Gasteiger partial charge on any atom is -0.369 e. The van der Waals surface area contributed by atoms with Crippen molar-refractivity contribution >= 4 is 28.4 Å². The molecule has 0 amide bonds. The molecule has 2 N–H and O–H groups in total. The topological polar surface area (TPSA) is 79.4 Å². The zero-order valence-electron chi connectivity index (χ0n) is 8.74. The first-order valence-electron chi connectivity index (χ1n) is 4.93. The van der Waals surface area contributed by atoms with Crippen molar-refractivity contribution in [3.05, 3.63) is 16.1 Å². The van der Waals surface area contributed by atoms with Crippen molar-refractivity contribution in [1.29, 1.82) is 0 Å². The van der Waals surface area contributed by atoms with Crippen molar-refractivity contribution in [2.24, 2.45) is 0 Å². The van der Waals surface area contributed by atoms with E-state index >= 15 is 0 Å². The van der Waals surface area contributed by atoms with Gasteiger partial charge in [0.25, 0.3) is 0 Å². The van der Waals surface area contributed by atoms with Crippen LogP contribution in [-0.2, 0) is 0 Å². The summed E-state index contributed by atoms with van der Waals surface area (Å²) in [6.07, 6.45) is 4.26. The summed E-state index contributed by atoms with van der Waals surface area (Å²) in [5.41, 5.74) is 0. The van der Waals surface area contributed by atoms with Gasteiger partial charge in [-0.25, -0.2) is 15.0 Å². The molecule has 0 aromatic carbocycles. The zero-order chi connectivity index (χ0) is 11.4. The Morgan fingerprint density at radius 3 is 3.00 bits per heavy atom. The van der Waals surface area contributed by atoms with E-state index in [0.717, 1.165) is 22.4 Å². The number of hydrogen-bond acceptors (Lipinski definition) is 5. The van der Waals surface area contributed by atoms with Crippen LogP contribution in [0.15, 0.2) is 12.5 Å². The van der Waals surface area contributed by atoms with E-state index < -0.39 is 0 Å². The molecule has 0 atom stereocenters. The van der Waals surface area contributed by atoms with E-state index in [9.17, 15) is 0 Å². The molecule has 2 aromatic heterocycles. The smallest absolute Gasteiger partial charge is 0.199 e. The lowest BCUT2D eigenvalue weighted by Gasteiger charge is -2.06. The first kappa shape index (κ1) is 11.2. The van der Waals surface area contributed by atoms with Gasteiger partial charge < -0.3 is 5.32 Å². The number of halogens is 1. The normalized spacial score (nSPS) is 10.4. The van der Waals surface area contributed by atoms with Gasteiger partial charge >= 0.3 is 0 Å². The second-order valence-electron chi connectivity index (χ2n) is 3.15. The van der Waals surface area contributed by atoms with Crippen LogP contribution in [0.2, 0.25) is 0 Å².